The minimum Gasteiger partial charge on any atom is -0.351 e. The zero-order valence-corrected chi connectivity index (χ0v) is 22.1. The number of aromatic nitrogens is 6. The van der Waals surface area contributed by atoms with Crippen molar-refractivity contribution in [3.8, 4) is 17.2 Å². The summed E-state index contributed by atoms with van der Waals surface area (Å²) in [6.45, 7) is 2.59. The van der Waals surface area contributed by atoms with Crippen molar-refractivity contribution in [2.75, 3.05) is 23.9 Å². The van der Waals surface area contributed by atoms with Crippen LogP contribution in [0.3, 0.4) is 0 Å². The number of halogens is 1. The van der Waals surface area contributed by atoms with Gasteiger partial charge in [-0.2, -0.15) is 20.4 Å². The molecule has 6 rings (SSSR count). The highest BCUT2D eigenvalue weighted by atomic mass is 19.1. The van der Waals surface area contributed by atoms with E-state index in [1.54, 1.807) is 10.9 Å². The Morgan fingerprint density at radius 1 is 1.13 bits per heavy atom. The fraction of sp³-hybridized carbons (Fsp3) is 0.464. The molecule has 39 heavy (non-hydrogen) atoms. The van der Waals surface area contributed by atoms with E-state index in [-0.39, 0.29) is 12.6 Å². The Balaban J connectivity index is 1.31. The van der Waals surface area contributed by atoms with Gasteiger partial charge in [0, 0.05) is 60.0 Å². The first kappa shape index (κ1) is 25.2. The lowest BCUT2D eigenvalue weighted by atomic mass is 9.81. The van der Waals surface area contributed by atoms with E-state index in [1.165, 1.54) is 19.3 Å². The molecule has 1 unspecified atom stereocenters. The summed E-state index contributed by atoms with van der Waals surface area (Å²) in [5, 5.41) is 28.6. The Kier molecular flexibility index (Phi) is 7.11. The lowest BCUT2D eigenvalue weighted by Crippen LogP contribution is -2.55. The molecule has 5 heterocycles. The van der Waals surface area contributed by atoms with E-state index in [1.807, 2.05) is 37.4 Å². The van der Waals surface area contributed by atoms with E-state index >= 15 is 0 Å². The Morgan fingerprint density at radius 2 is 1.97 bits per heavy atom. The number of anilines is 3. The summed E-state index contributed by atoms with van der Waals surface area (Å²) >= 11 is 0. The molecule has 0 radical (unpaired) electrons. The van der Waals surface area contributed by atoms with Crippen LogP contribution in [0.2, 0.25) is 0 Å². The smallest absolute Gasteiger partial charge is 0.225 e. The van der Waals surface area contributed by atoms with Crippen molar-refractivity contribution in [2.45, 2.75) is 70.1 Å². The normalized spacial score (nSPS) is 21.1. The average Bonchev–Trinajstić information content (AvgIpc) is 3.56. The third-order valence-electron chi connectivity index (χ3n) is 7.87. The van der Waals surface area contributed by atoms with Crippen molar-refractivity contribution >= 4 is 28.5 Å². The van der Waals surface area contributed by atoms with Crippen molar-refractivity contribution in [1.29, 1.82) is 5.26 Å². The predicted molar refractivity (Wildman–Crippen MR) is 148 cm³/mol. The zero-order chi connectivity index (χ0) is 26.8. The zero-order valence-electron chi connectivity index (χ0n) is 22.1. The maximum atomic E-state index is 12.8. The number of fused-ring (bicyclic) bond motifs is 3. The quantitative estimate of drug-likeness (QED) is 0.279. The number of hydrogen-bond donors (Lipinski definition) is 3. The first-order valence-electron chi connectivity index (χ1n) is 13.7. The van der Waals surface area contributed by atoms with Gasteiger partial charge in [0.15, 0.2) is 5.82 Å². The van der Waals surface area contributed by atoms with Gasteiger partial charge in [-0.1, -0.05) is 12.5 Å². The Bertz CT molecular complexity index is 1470. The lowest BCUT2D eigenvalue weighted by Gasteiger charge is -2.48. The number of aromatic amines is 1. The van der Waals surface area contributed by atoms with Crippen LogP contribution in [0.1, 0.15) is 44.2 Å². The molecule has 2 aliphatic heterocycles. The molecule has 0 spiro atoms. The lowest BCUT2D eigenvalue weighted by molar-refractivity contribution is 0.0369. The molecule has 3 atom stereocenters. The van der Waals surface area contributed by atoms with Gasteiger partial charge in [-0.3, -0.25) is 14.7 Å². The van der Waals surface area contributed by atoms with Gasteiger partial charge in [-0.05, 0) is 50.3 Å². The largest absolute Gasteiger partial charge is 0.351 e. The maximum absolute atomic E-state index is 12.8. The first-order valence-corrected chi connectivity index (χ1v) is 13.7. The number of nitrogens with one attached hydrogen (secondary N) is 3. The van der Waals surface area contributed by atoms with Gasteiger partial charge >= 0.3 is 0 Å². The van der Waals surface area contributed by atoms with E-state index in [9.17, 15) is 4.39 Å². The fourth-order valence-corrected chi connectivity index (χ4v) is 6.12. The molecule has 1 aromatic carbocycles. The van der Waals surface area contributed by atoms with Crippen LogP contribution < -0.4 is 10.6 Å². The highest BCUT2D eigenvalue weighted by molar-refractivity contribution is 5.94. The van der Waals surface area contributed by atoms with E-state index in [0.717, 1.165) is 47.1 Å². The van der Waals surface area contributed by atoms with Crippen LogP contribution in [0, 0.1) is 18.3 Å². The molecule has 2 aliphatic rings. The summed E-state index contributed by atoms with van der Waals surface area (Å²) in [4.78, 5) is 12.4. The first-order chi connectivity index (χ1) is 19.1. The van der Waals surface area contributed by atoms with Crippen LogP contribution in [0.5, 0.6) is 0 Å². The Labute approximate surface area is 226 Å². The molecule has 202 valence electrons. The Hall–Kier alpha value is -4.04. The summed E-state index contributed by atoms with van der Waals surface area (Å²) < 4.78 is 14.4. The van der Waals surface area contributed by atoms with E-state index < -0.39 is 6.67 Å². The molecule has 0 saturated carbocycles. The molecule has 3 N–H and O–H groups in total. The second-order valence-corrected chi connectivity index (χ2v) is 10.6. The number of aryl methyl sites for hydroxylation is 2. The summed E-state index contributed by atoms with van der Waals surface area (Å²) in [6.07, 6.45) is 9.80. The van der Waals surface area contributed by atoms with Crippen molar-refractivity contribution < 1.29 is 4.39 Å². The number of nitrogens with zero attached hydrogens (tertiary/aromatic N) is 7. The Morgan fingerprint density at radius 3 is 2.72 bits per heavy atom. The SMILES string of the molecule is Cc1cc(Nc2nc(NC3C[C@H]4CCC[C@@H](C3)N4CCC#N)nc3cc(-c4cnn(CCF)c4)ccc23)n[nH]1. The number of H-pyrrole nitrogens is 1. The molecular weight excluding hydrogens is 495 g/mol. The molecule has 2 fully saturated rings. The topological polar surface area (TPSA) is 123 Å². The highest BCUT2D eigenvalue weighted by Crippen LogP contribution is 2.36. The standard InChI is InChI=1S/C28H33FN10/c1-18-12-26(37-36-18)34-27-24-7-6-19(20-16-31-38(17-20)11-8-29)13-25(24)33-28(35-27)32-21-14-22-4-2-5-23(15-21)39(22)10-3-9-30/h6-7,12-13,16-17,21-23H,2-5,8,10-11,14-15H2,1H3,(H3,32,33,34,35,36,37)/t21?,22-,23+. The minimum atomic E-state index is -0.457. The monoisotopic (exact) mass is 528 g/mol. The minimum absolute atomic E-state index is 0.234. The third-order valence-corrected chi connectivity index (χ3v) is 7.87. The van der Waals surface area contributed by atoms with Gasteiger partial charge in [0.25, 0.3) is 0 Å². The van der Waals surface area contributed by atoms with Gasteiger partial charge in [-0.15, -0.1) is 0 Å². The van der Waals surface area contributed by atoms with Crippen LogP contribution >= 0.6 is 0 Å². The summed E-state index contributed by atoms with van der Waals surface area (Å²) in [5.41, 5.74) is 3.62. The van der Waals surface area contributed by atoms with Crippen LogP contribution in [0.15, 0.2) is 36.7 Å². The third kappa shape index (κ3) is 5.43. The van der Waals surface area contributed by atoms with Gasteiger partial charge in [0.1, 0.15) is 12.5 Å². The summed E-state index contributed by atoms with van der Waals surface area (Å²) in [5.74, 6) is 1.95. The summed E-state index contributed by atoms with van der Waals surface area (Å²) in [7, 11) is 0. The van der Waals surface area contributed by atoms with Crippen molar-refractivity contribution in [3.63, 3.8) is 0 Å². The highest BCUT2D eigenvalue weighted by Gasteiger charge is 2.38. The number of piperidine rings is 2. The number of nitriles is 1. The number of alkyl halides is 1. The van der Waals surface area contributed by atoms with Gasteiger partial charge < -0.3 is 10.6 Å². The molecule has 2 saturated heterocycles. The second kappa shape index (κ2) is 11.0. The molecule has 0 amide bonds. The van der Waals surface area contributed by atoms with Crippen LogP contribution in [-0.4, -0.2) is 66.2 Å². The predicted octanol–water partition coefficient (Wildman–Crippen LogP) is 4.95. The molecule has 2 bridgehead atoms. The molecule has 0 aliphatic carbocycles. The summed E-state index contributed by atoms with van der Waals surface area (Å²) in [6, 6.07) is 11.5. The maximum Gasteiger partial charge on any atom is 0.225 e. The molecule has 10 nitrogen and oxygen atoms in total. The molecular formula is C28H33FN10. The van der Waals surface area contributed by atoms with Crippen molar-refractivity contribution in [3.05, 3.63) is 42.4 Å². The van der Waals surface area contributed by atoms with Gasteiger partial charge in [0.2, 0.25) is 5.95 Å². The van der Waals surface area contributed by atoms with Crippen LogP contribution in [0.25, 0.3) is 22.0 Å². The van der Waals surface area contributed by atoms with E-state index in [0.29, 0.717) is 36.1 Å². The van der Waals surface area contributed by atoms with E-state index in [2.05, 4.69) is 36.9 Å². The number of hydrogen-bond acceptors (Lipinski definition) is 8. The van der Waals surface area contributed by atoms with E-state index in [4.69, 9.17) is 15.2 Å². The molecule has 11 heteroatoms. The van der Waals surface area contributed by atoms with Crippen LogP contribution in [0.4, 0.5) is 22.0 Å². The number of benzene rings is 1. The second-order valence-electron chi connectivity index (χ2n) is 10.6. The number of rotatable bonds is 9. The molecule has 3 aromatic heterocycles. The average molecular weight is 529 g/mol. The molecule has 4 aromatic rings. The van der Waals surface area contributed by atoms with Crippen LogP contribution in [-0.2, 0) is 6.54 Å². The van der Waals surface area contributed by atoms with Crippen molar-refractivity contribution in [1.82, 2.24) is 34.8 Å². The van der Waals surface area contributed by atoms with Gasteiger partial charge in [0.05, 0.1) is 24.3 Å². The van der Waals surface area contributed by atoms with Crippen molar-refractivity contribution in [2.24, 2.45) is 0 Å². The fourth-order valence-electron chi connectivity index (χ4n) is 6.12. The van der Waals surface area contributed by atoms with Gasteiger partial charge in [-0.25, -0.2) is 9.37 Å².